The van der Waals surface area contributed by atoms with Gasteiger partial charge >= 0.3 is 0 Å². The Balaban J connectivity index is 2.43. The number of phenols is 1. The van der Waals surface area contributed by atoms with Crippen molar-refractivity contribution in [1.82, 2.24) is 26.6 Å². The van der Waals surface area contributed by atoms with Gasteiger partial charge in [-0.25, -0.2) is 0 Å². The van der Waals surface area contributed by atoms with Gasteiger partial charge in [0, 0.05) is 30.4 Å². The van der Waals surface area contributed by atoms with E-state index < -0.39 is 96.4 Å². The number of thiocarbonyl (C=S) groups is 1. The van der Waals surface area contributed by atoms with E-state index in [1.54, 1.807) is 30.3 Å². The molecule has 0 heterocycles. The van der Waals surface area contributed by atoms with Crippen LogP contribution in [0.4, 0.5) is 0 Å². The number of phenolic OH excluding ortho intramolecular Hbond substituents is 1. The van der Waals surface area contributed by atoms with Crippen molar-refractivity contribution < 1.29 is 43.5 Å². The number of nitrogens with one attached hydrogen (secondary N) is 5. The minimum atomic E-state index is -1.64. The predicted octanol–water partition coefficient (Wildman–Crippen LogP) is -3.52. The van der Waals surface area contributed by atoms with Crippen molar-refractivity contribution >= 4 is 77.5 Å². The van der Waals surface area contributed by atoms with Crippen LogP contribution in [0.5, 0.6) is 5.75 Å². The maximum absolute atomic E-state index is 13.9. The summed E-state index contributed by atoms with van der Waals surface area (Å²) in [5.74, 6) is -7.61. The van der Waals surface area contributed by atoms with Gasteiger partial charge in [-0.15, -0.1) is 0 Å². The first-order valence-electron chi connectivity index (χ1n) is 16.1. The van der Waals surface area contributed by atoms with Gasteiger partial charge in [0.1, 0.15) is 42.0 Å². The molecule has 14 N–H and O–H groups in total. The number of thiol groups is 1. The summed E-state index contributed by atoms with van der Waals surface area (Å²) in [4.78, 5) is 102. The number of carbonyl (C=O) groups excluding carboxylic acids is 8. The molecule has 18 nitrogen and oxygen atoms in total. The monoisotopic (exact) mass is 773 g/mol. The van der Waals surface area contributed by atoms with E-state index >= 15 is 0 Å². The van der Waals surface area contributed by atoms with Gasteiger partial charge < -0.3 is 54.6 Å². The van der Waals surface area contributed by atoms with E-state index in [1.165, 1.54) is 24.3 Å². The molecule has 0 fully saturated rings. The summed E-state index contributed by atoms with van der Waals surface area (Å²) in [6.45, 7) is 0. The van der Waals surface area contributed by atoms with Crippen LogP contribution in [-0.4, -0.2) is 99.7 Å². The summed E-state index contributed by atoms with van der Waals surface area (Å²) in [7, 11) is 0. The van der Waals surface area contributed by atoms with Crippen LogP contribution in [0.3, 0.4) is 0 Å². The van der Waals surface area contributed by atoms with Gasteiger partial charge in [-0.05, 0) is 29.7 Å². The summed E-state index contributed by atoms with van der Waals surface area (Å²) >= 11 is 8.71. The summed E-state index contributed by atoms with van der Waals surface area (Å²) in [5, 5.41) is 22.8. The van der Waals surface area contributed by atoms with E-state index in [1.807, 2.05) is 0 Å². The zero-order valence-electron chi connectivity index (χ0n) is 28.4. The molecule has 6 unspecified atom stereocenters. The van der Waals surface area contributed by atoms with Crippen LogP contribution < -0.4 is 49.5 Å². The quantitative estimate of drug-likeness (QED) is 0.0412. The zero-order valence-corrected chi connectivity index (χ0v) is 30.1. The van der Waals surface area contributed by atoms with Crippen LogP contribution in [-0.2, 0) is 51.2 Å². The lowest BCUT2D eigenvalue weighted by atomic mass is 10.0. The Bertz CT molecular complexity index is 1650. The number of amides is 8. The third-order valence-corrected chi connectivity index (χ3v) is 8.23. The molecule has 0 saturated heterocycles. The Hall–Kier alpha value is -5.60. The first-order chi connectivity index (χ1) is 25.0. The lowest BCUT2D eigenvalue weighted by Gasteiger charge is -2.27. The largest absolute Gasteiger partial charge is 0.508 e. The highest BCUT2D eigenvalue weighted by atomic mass is 32.1. The maximum Gasteiger partial charge on any atom is 0.243 e. The standard InChI is InChI=1S/C33H43N9O9S2/c34-20(15-52)29(47)39-22(13-18-6-8-19(43)9-7-18)32(50)40-23(12-17-4-2-1-3-5-17)31(49)38-21(10-11-26(35)44)30(48)41-24(14-27(36)45)33(51)42-25(16-53)28(37)46/h1-9,15,20-25,43,53H,10-14,16,34H2,(H2,35,44)(H2,36,45)(H2,37,46)(H,38,49)(H,39,47)(H,40,50)(H,41,48)(H,42,51). The van der Waals surface area contributed by atoms with Crippen LogP contribution in [0.2, 0.25) is 0 Å². The first kappa shape index (κ1) is 43.6. The topological polar surface area (TPSA) is 321 Å². The molecule has 2 rings (SSSR count). The second-order valence-electron chi connectivity index (χ2n) is 11.8. The van der Waals surface area contributed by atoms with Gasteiger partial charge in [0.05, 0.1) is 6.42 Å². The van der Waals surface area contributed by atoms with E-state index in [0.29, 0.717) is 11.1 Å². The van der Waals surface area contributed by atoms with Gasteiger partial charge in [0.2, 0.25) is 47.3 Å². The van der Waals surface area contributed by atoms with E-state index in [0.717, 1.165) is 5.37 Å². The molecule has 0 aliphatic heterocycles. The highest BCUT2D eigenvalue weighted by molar-refractivity contribution is 7.80. The second-order valence-corrected chi connectivity index (χ2v) is 12.4. The molecule has 2 aromatic rings. The number of rotatable bonds is 22. The van der Waals surface area contributed by atoms with Gasteiger partial charge in [-0.3, -0.25) is 38.4 Å². The van der Waals surface area contributed by atoms with Gasteiger partial charge in [-0.1, -0.05) is 54.7 Å². The van der Waals surface area contributed by atoms with Crippen molar-refractivity contribution in [3.63, 3.8) is 0 Å². The Labute approximate surface area is 315 Å². The molecule has 20 heteroatoms. The average molecular weight is 774 g/mol. The zero-order chi connectivity index (χ0) is 39.7. The van der Waals surface area contributed by atoms with Gasteiger partial charge in [-0.2, -0.15) is 12.6 Å². The second kappa shape index (κ2) is 21.7. The molecule has 0 spiro atoms. The van der Waals surface area contributed by atoms with E-state index in [2.05, 4.69) is 39.2 Å². The minimum Gasteiger partial charge on any atom is -0.508 e. The molecule has 8 amide bonds. The van der Waals surface area contributed by atoms with Crippen LogP contribution in [0.15, 0.2) is 54.6 Å². The third kappa shape index (κ3) is 15.3. The minimum absolute atomic E-state index is 0.0369. The Kier molecular flexibility index (Phi) is 17.8. The molecule has 0 aliphatic carbocycles. The molecule has 0 saturated carbocycles. The third-order valence-electron chi connectivity index (χ3n) is 7.57. The van der Waals surface area contributed by atoms with E-state index in [4.69, 9.17) is 35.2 Å². The molecular formula is C33H43N9O9S2. The van der Waals surface area contributed by atoms with Crippen molar-refractivity contribution in [3.8, 4) is 5.75 Å². The SMILES string of the molecule is NC(=O)CCC(NC(=O)C(Cc1ccccc1)NC(=O)C(Cc1ccc(O)cc1)NC(=O)C(N)C=S)C(=O)NC(CC(N)=O)C(=O)NC(CS)C(N)=O. The summed E-state index contributed by atoms with van der Waals surface area (Å²) in [5.41, 5.74) is 22.7. The van der Waals surface area contributed by atoms with Crippen molar-refractivity contribution in [1.29, 1.82) is 0 Å². The normalized spacial score (nSPS) is 14.1. The fourth-order valence-electron chi connectivity index (χ4n) is 4.73. The smallest absolute Gasteiger partial charge is 0.243 e. The van der Waals surface area contributed by atoms with Crippen molar-refractivity contribution in [2.45, 2.75) is 68.4 Å². The highest BCUT2D eigenvalue weighted by Crippen LogP contribution is 2.13. The fraction of sp³-hybridized carbons (Fsp3) is 0.364. The number of carbonyl (C=O) groups is 8. The number of nitrogens with two attached hydrogens (primary N) is 4. The molecule has 53 heavy (non-hydrogen) atoms. The Morgan fingerprint density at radius 3 is 1.58 bits per heavy atom. The molecule has 2 aromatic carbocycles. The summed E-state index contributed by atoms with van der Waals surface area (Å²) in [6, 6.07) is 5.86. The first-order valence-corrected chi connectivity index (χ1v) is 17.2. The van der Waals surface area contributed by atoms with E-state index in [9.17, 15) is 43.5 Å². The molecule has 0 bridgehead atoms. The molecule has 0 radical (unpaired) electrons. The molecular weight excluding hydrogens is 731 g/mol. The van der Waals surface area contributed by atoms with Crippen molar-refractivity contribution in [2.24, 2.45) is 22.9 Å². The van der Waals surface area contributed by atoms with Gasteiger partial charge in [0.15, 0.2) is 0 Å². The van der Waals surface area contributed by atoms with Crippen molar-refractivity contribution in [2.75, 3.05) is 5.75 Å². The lowest BCUT2D eigenvalue weighted by molar-refractivity contribution is -0.135. The number of primary amides is 3. The highest BCUT2D eigenvalue weighted by Gasteiger charge is 2.33. The van der Waals surface area contributed by atoms with Gasteiger partial charge in [0.25, 0.3) is 0 Å². The number of hydrogen-bond donors (Lipinski definition) is 11. The number of benzene rings is 2. The molecule has 286 valence electrons. The Morgan fingerprint density at radius 2 is 1.09 bits per heavy atom. The maximum atomic E-state index is 13.9. The number of hydrogen-bond acceptors (Lipinski definition) is 12. The summed E-state index contributed by atoms with van der Waals surface area (Å²) < 4.78 is 0. The van der Waals surface area contributed by atoms with Crippen LogP contribution in [0.1, 0.15) is 30.4 Å². The lowest BCUT2D eigenvalue weighted by Crippen LogP contribution is -2.60. The van der Waals surface area contributed by atoms with Crippen LogP contribution in [0.25, 0.3) is 0 Å². The fourth-order valence-corrected chi connectivity index (χ4v) is 5.12. The number of aromatic hydroxyl groups is 1. The molecule has 0 aliphatic rings. The summed E-state index contributed by atoms with van der Waals surface area (Å²) in [6.07, 6.45) is -1.73. The predicted molar refractivity (Wildman–Crippen MR) is 199 cm³/mol. The average Bonchev–Trinajstić information content (AvgIpc) is 3.11. The van der Waals surface area contributed by atoms with E-state index in [-0.39, 0.29) is 30.8 Å². The van der Waals surface area contributed by atoms with Crippen LogP contribution >= 0.6 is 24.8 Å². The Morgan fingerprint density at radius 1 is 0.642 bits per heavy atom. The molecule has 0 aromatic heterocycles. The molecule has 6 atom stereocenters. The van der Waals surface area contributed by atoms with Crippen molar-refractivity contribution in [3.05, 3.63) is 65.7 Å². The van der Waals surface area contributed by atoms with Crippen LogP contribution in [0, 0.1) is 0 Å².